The number of amides is 1. The fraction of sp³-hybridized carbons (Fsp3) is 0.387. The second kappa shape index (κ2) is 10.5. The minimum absolute atomic E-state index is 0.0404. The van der Waals surface area contributed by atoms with Gasteiger partial charge in [-0.05, 0) is 41.5 Å². The first-order chi connectivity index (χ1) is 16.4. The molecule has 0 radical (unpaired) electrons. The summed E-state index contributed by atoms with van der Waals surface area (Å²) in [5, 5.41) is 3.43. The van der Waals surface area contributed by atoms with Gasteiger partial charge in [-0.25, -0.2) is 0 Å². The van der Waals surface area contributed by atoms with Gasteiger partial charge in [0.1, 0.15) is 11.5 Å². The van der Waals surface area contributed by atoms with Gasteiger partial charge >= 0.3 is 0 Å². The molecule has 0 aliphatic carbocycles. The zero-order chi connectivity index (χ0) is 24.2. The second-order valence-electron chi connectivity index (χ2n) is 10.0. The van der Waals surface area contributed by atoms with Crippen LogP contribution in [0, 0.1) is 5.92 Å². The van der Waals surface area contributed by atoms with Gasteiger partial charge in [0.15, 0.2) is 0 Å². The van der Waals surface area contributed by atoms with Gasteiger partial charge in [0.25, 0.3) is 0 Å². The lowest BCUT2D eigenvalue weighted by molar-refractivity contribution is -0.120. The molecule has 1 unspecified atom stereocenters. The molecule has 3 heteroatoms. The maximum atomic E-state index is 14.1. The average Bonchev–Trinajstić information content (AvgIpc) is 2.83. The molecule has 1 atom stereocenters. The van der Waals surface area contributed by atoms with Crippen molar-refractivity contribution in [2.45, 2.75) is 71.6 Å². The average molecular weight is 456 g/mol. The van der Waals surface area contributed by atoms with Crippen molar-refractivity contribution in [2.75, 3.05) is 5.32 Å². The Balaban J connectivity index is 1.79. The van der Waals surface area contributed by atoms with Crippen molar-refractivity contribution in [1.29, 1.82) is 0 Å². The summed E-state index contributed by atoms with van der Waals surface area (Å²) >= 11 is 0. The zero-order valence-electron chi connectivity index (χ0n) is 21.1. The first-order valence-corrected chi connectivity index (χ1v) is 12.7. The molecule has 1 amide bonds. The molecule has 34 heavy (non-hydrogen) atoms. The number of unbranched alkanes of at least 4 members (excludes halogenated alkanes) is 1. The minimum Gasteiger partial charge on any atom is -0.457 e. The molecule has 3 nitrogen and oxygen atoms in total. The minimum atomic E-state index is -0.189. The predicted octanol–water partition coefficient (Wildman–Crippen LogP) is 8.62. The molecular weight excluding hydrogens is 418 g/mol. The largest absolute Gasteiger partial charge is 0.457 e. The van der Waals surface area contributed by atoms with Crippen LogP contribution in [-0.4, -0.2) is 5.91 Å². The monoisotopic (exact) mass is 455 g/mol. The molecule has 178 valence electrons. The first kappa shape index (κ1) is 24.1. The zero-order valence-corrected chi connectivity index (χ0v) is 21.1. The van der Waals surface area contributed by atoms with Gasteiger partial charge in [-0.15, -0.1) is 0 Å². The Morgan fingerprint density at radius 2 is 1.35 bits per heavy atom. The summed E-state index contributed by atoms with van der Waals surface area (Å²) in [6.07, 6.45) is 2.88. The van der Waals surface area contributed by atoms with E-state index in [-0.39, 0.29) is 17.7 Å². The van der Waals surface area contributed by atoms with Crippen molar-refractivity contribution >= 4 is 11.6 Å². The lowest BCUT2D eigenvalue weighted by atomic mass is 9.76. The Kier molecular flexibility index (Phi) is 7.41. The highest BCUT2D eigenvalue weighted by molar-refractivity contribution is 5.95. The summed E-state index contributed by atoms with van der Waals surface area (Å²) in [6.45, 7) is 10.9. The number of hydrogen-bond donors (Lipinski definition) is 1. The van der Waals surface area contributed by atoms with Gasteiger partial charge in [0.2, 0.25) is 5.91 Å². The SMILES string of the molecule is CCCCC(C(=O)Nc1c(C(C)C)cccc1C(C)C)C1c2ccccc2Oc2ccccc21. The third-order valence-electron chi connectivity index (χ3n) is 6.96. The van der Waals surface area contributed by atoms with E-state index in [0.717, 1.165) is 47.6 Å². The van der Waals surface area contributed by atoms with Crippen LogP contribution < -0.4 is 10.1 Å². The second-order valence-corrected chi connectivity index (χ2v) is 10.0. The van der Waals surface area contributed by atoms with Gasteiger partial charge < -0.3 is 10.1 Å². The quantitative estimate of drug-likeness (QED) is 0.369. The van der Waals surface area contributed by atoms with Gasteiger partial charge in [-0.2, -0.15) is 0 Å². The standard InChI is InChI=1S/C31H37NO2/c1-6-7-13-26(31(33)32-30-22(20(2)3)16-12-17-23(30)21(4)5)29-24-14-8-10-18-27(24)34-28-19-11-9-15-25(28)29/h8-12,14-21,26,29H,6-7,13H2,1-5H3,(H,32,33). The highest BCUT2D eigenvalue weighted by Gasteiger charge is 2.37. The van der Waals surface area contributed by atoms with Crippen molar-refractivity contribution in [1.82, 2.24) is 0 Å². The summed E-state index contributed by atoms with van der Waals surface area (Å²) in [5.74, 6) is 2.23. The van der Waals surface area contributed by atoms with Crippen LogP contribution in [0.15, 0.2) is 66.7 Å². The molecule has 4 rings (SSSR count). The van der Waals surface area contributed by atoms with Crippen molar-refractivity contribution in [2.24, 2.45) is 5.92 Å². The fourth-order valence-corrected chi connectivity index (χ4v) is 5.16. The number of benzene rings is 3. The number of nitrogens with one attached hydrogen (secondary N) is 1. The van der Waals surface area contributed by atoms with Gasteiger partial charge in [0, 0.05) is 28.7 Å². The predicted molar refractivity (Wildman–Crippen MR) is 141 cm³/mol. The number of anilines is 1. The van der Waals surface area contributed by atoms with E-state index in [9.17, 15) is 4.79 Å². The molecular formula is C31H37NO2. The number of fused-ring (bicyclic) bond motifs is 2. The Hall–Kier alpha value is -3.07. The lowest BCUT2D eigenvalue weighted by Gasteiger charge is -2.34. The molecule has 1 aliphatic heterocycles. The van der Waals surface area contributed by atoms with Crippen molar-refractivity contribution in [3.8, 4) is 11.5 Å². The molecule has 3 aromatic carbocycles. The first-order valence-electron chi connectivity index (χ1n) is 12.7. The molecule has 3 aromatic rings. The van der Waals surface area contributed by atoms with E-state index < -0.39 is 0 Å². The van der Waals surface area contributed by atoms with E-state index in [0.29, 0.717) is 11.8 Å². The molecule has 0 saturated carbocycles. The Bertz CT molecular complexity index is 1080. The van der Waals surface area contributed by atoms with Gasteiger partial charge in [-0.1, -0.05) is 102 Å². The third kappa shape index (κ3) is 4.75. The maximum absolute atomic E-state index is 14.1. The third-order valence-corrected chi connectivity index (χ3v) is 6.96. The number of rotatable bonds is 8. The van der Waals surface area contributed by atoms with Gasteiger partial charge in [-0.3, -0.25) is 4.79 Å². The number of hydrogen-bond acceptors (Lipinski definition) is 2. The summed E-state index contributed by atoms with van der Waals surface area (Å²) < 4.78 is 6.23. The molecule has 1 aliphatic rings. The van der Waals surface area contributed by atoms with Crippen LogP contribution >= 0.6 is 0 Å². The number of carbonyl (C=O) groups excluding carboxylic acids is 1. The summed E-state index contributed by atoms with van der Waals surface area (Å²) in [5.41, 5.74) is 5.58. The van der Waals surface area contributed by atoms with E-state index >= 15 is 0 Å². The van der Waals surface area contributed by atoms with Crippen molar-refractivity contribution < 1.29 is 9.53 Å². The summed E-state index contributed by atoms with van der Waals surface area (Å²) in [4.78, 5) is 14.1. The molecule has 0 fully saturated rings. The van der Waals surface area contributed by atoms with Crippen LogP contribution in [0.1, 0.15) is 93.9 Å². The Morgan fingerprint density at radius 3 is 1.85 bits per heavy atom. The normalized spacial score (nSPS) is 13.9. The molecule has 1 N–H and O–H groups in total. The fourth-order valence-electron chi connectivity index (χ4n) is 5.16. The molecule has 0 bridgehead atoms. The van der Waals surface area contributed by atoms with E-state index in [2.05, 4.69) is 70.3 Å². The molecule has 0 aromatic heterocycles. The van der Waals surface area contributed by atoms with Crippen LogP contribution in [0.4, 0.5) is 5.69 Å². The Labute approximate surface area is 204 Å². The smallest absolute Gasteiger partial charge is 0.228 e. The van der Waals surface area contributed by atoms with E-state index in [4.69, 9.17) is 4.74 Å². The Morgan fingerprint density at radius 1 is 0.824 bits per heavy atom. The van der Waals surface area contributed by atoms with Crippen molar-refractivity contribution in [3.05, 3.63) is 89.0 Å². The number of ether oxygens (including phenoxy) is 1. The van der Waals surface area contributed by atoms with Crippen LogP contribution in [0.25, 0.3) is 0 Å². The molecule has 0 saturated heterocycles. The molecule has 0 spiro atoms. The topological polar surface area (TPSA) is 38.3 Å². The maximum Gasteiger partial charge on any atom is 0.228 e. The lowest BCUT2D eigenvalue weighted by Crippen LogP contribution is -2.31. The van der Waals surface area contributed by atoms with E-state index in [1.54, 1.807) is 0 Å². The van der Waals surface area contributed by atoms with Crippen LogP contribution in [0.3, 0.4) is 0 Å². The summed E-state index contributed by atoms with van der Waals surface area (Å²) in [6, 6.07) is 22.7. The number of para-hydroxylation sites is 3. The van der Waals surface area contributed by atoms with Crippen LogP contribution in [-0.2, 0) is 4.79 Å². The van der Waals surface area contributed by atoms with Crippen LogP contribution in [0.5, 0.6) is 11.5 Å². The highest BCUT2D eigenvalue weighted by atomic mass is 16.5. The van der Waals surface area contributed by atoms with Gasteiger partial charge in [0.05, 0.1) is 0 Å². The number of carbonyl (C=O) groups is 1. The van der Waals surface area contributed by atoms with E-state index in [1.165, 1.54) is 11.1 Å². The highest BCUT2D eigenvalue weighted by Crippen LogP contribution is 2.49. The van der Waals surface area contributed by atoms with Crippen LogP contribution in [0.2, 0.25) is 0 Å². The van der Waals surface area contributed by atoms with Crippen molar-refractivity contribution in [3.63, 3.8) is 0 Å². The summed E-state index contributed by atoms with van der Waals surface area (Å²) in [7, 11) is 0. The van der Waals surface area contributed by atoms with E-state index in [1.807, 2.05) is 36.4 Å². The molecule has 1 heterocycles.